The lowest BCUT2D eigenvalue weighted by Crippen LogP contribution is -2.31. The minimum Gasteiger partial charge on any atom is -0.492 e. The number of aryl methyl sites for hydroxylation is 1. The van der Waals surface area contributed by atoms with E-state index in [1.165, 1.54) is 0 Å². The van der Waals surface area contributed by atoms with Gasteiger partial charge < -0.3 is 14.8 Å². The summed E-state index contributed by atoms with van der Waals surface area (Å²) in [5.41, 5.74) is 2.61. The van der Waals surface area contributed by atoms with Crippen molar-refractivity contribution in [1.82, 2.24) is 4.31 Å². The van der Waals surface area contributed by atoms with Crippen LogP contribution in [0.2, 0.25) is 0 Å². The Morgan fingerprint density at radius 3 is 2.50 bits per heavy atom. The number of fused-ring (bicyclic) bond motifs is 1. The monoisotopic (exact) mass is 486 g/mol. The second-order valence-corrected chi connectivity index (χ2v) is 11.0. The summed E-state index contributed by atoms with van der Waals surface area (Å²) < 4.78 is 39.0. The Kier molecular flexibility index (Phi) is 7.78. The predicted molar refractivity (Wildman–Crippen MR) is 132 cm³/mol. The normalized spacial score (nSPS) is 18.6. The van der Waals surface area contributed by atoms with Gasteiger partial charge in [0.2, 0.25) is 15.9 Å². The van der Waals surface area contributed by atoms with Crippen molar-refractivity contribution in [1.29, 1.82) is 0 Å². The van der Waals surface area contributed by atoms with E-state index in [1.807, 2.05) is 26.0 Å². The number of hydrogen-bond acceptors (Lipinski definition) is 5. The van der Waals surface area contributed by atoms with Crippen LogP contribution in [0.3, 0.4) is 0 Å². The number of carbonyl (C=O) groups excluding carboxylic acids is 1. The van der Waals surface area contributed by atoms with Gasteiger partial charge in [0.1, 0.15) is 17.6 Å². The van der Waals surface area contributed by atoms with Crippen LogP contribution < -0.4 is 14.8 Å². The van der Waals surface area contributed by atoms with Crippen LogP contribution in [0.15, 0.2) is 41.3 Å². The van der Waals surface area contributed by atoms with Gasteiger partial charge in [0.25, 0.3) is 0 Å². The topological polar surface area (TPSA) is 84.9 Å². The van der Waals surface area contributed by atoms with Gasteiger partial charge in [-0.05, 0) is 56.9 Å². The van der Waals surface area contributed by atoms with E-state index in [-0.39, 0.29) is 18.4 Å². The van der Waals surface area contributed by atoms with E-state index < -0.39 is 10.0 Å². The van der Waals surface area contributed by atoms with Gasteiger partial charge in [0, 0.05) is 37.6 Å². The molecule has 0 saturated carbocycles. The number of sulfonamides is 1. The van der Waals surface area contributed by atoms with Gasteiger partial charge in [-0.2, -0.15) is 4.31 Å². The lowest BCUT2D eigenvalue weighted by Gasteiger charge is -2.20. The molecular formula is C26H34N2O5S. The zero-order valence-corrected chi connectivity index (χ0v) is 20.8. The van der Waals surface area contributed by atoms with Crippen molar-refractivity contribution in [2.24, 2.45) is 0 Å². The fourth-order valence-corrected chi connectivity index (χ4v) is 6.06. The molecule has 1 unspecified atom stereocenters. The van der Waals surface area contributed by atoms with E-state index in [0.717, 1.165) is 49.0 Å². The molecule has 0 aliphatic carbocycles. The third kappa shape index (κ3) is 5.73. The fraction of sp³-hybridized carbons (Fsp3) is 0.500. The molecule has 0 spiro atoms. The fourth-order valence-electron chi connectivity index (χ4n) is 4.54. The smallest absolute Gasteiger partial charge is 0.243 e. The Labute approximate surface area is 202 Å². The zero-order valence-electron chi connectivity index (χ0n) is 20.0. The summed E-state index contributed by atoms with van der Waals surface area (Å²) in [6.07, 6.45) is 5.71. The van der Waals surface area contributed by atoms with E-state index in [9.17, 15) is 13.2 Å². The summed E-state index contributed by atoms with van der Waals surface area (Å²) in [5, 5.41) is 2.95. The second-order valence-electron chi connectivity index (χ2n) is 9.03. The molecule has 184 valence electrons. The summed E-state index contributed by atoms with van der Waals surface area (Å²) in [6.45, 7) is 5.60. The first-order valence-corrected chi connectivity index (χ1v) is 13.7. The lowest BCUT2D eigenvalue weighted by molar-refractivity contribution is -0.116. The van der Waals surface area contributed by atoms with Crippen molar-refractivity contribution in [3.63, 3.8) is 0 Å². The third-order valence-electron chi connectivity index (χ3n) is 6.34. The van der Waals surface area contributed by atoms with Crippen molar-refractivity contribution in [3.8, 4) is 11.5 Å². The van der Waals surface area contributed by atoms with Gasteiger partial charge in [-0.3, -0.25) is 4.79 Å². The highest BCUT2D eigenvalue weighted by Crippen LogP contribution is 2.38. The van der Waals surface area contributed by atoms with Crippen LogP contribution in [-0.2, 0) is 27.7 Å². The summed E-state index contributed by atoms with van der Waals surface area (Å²) in [4.78, 5) is 13.0. The van der Waals surface area contributed by atoms with Gasteiger partial charge >= 0.3 is 0 Å². The molecule has 7 nitrogen and oxygen atoms in total. The first-order valence-electron chi connectivity index (χ1n) is 12.2. The first-order chi connectivity index (χ1) is 16.4. The number of nitrogens with zero attached hydrogens (tertiary/aromatic N) is 1. The standard InChI is InChI=1S/C26H34N2O5S/c1-3-32-25-17-21-16-19(2)33-24(21)18-23(25)27-26(29)13-10-20-8-11-22(12-9-20)34(30,31)28-14-6-4-5-7-15-28/h8-9,11-12,17-19H,3-7,10,13-16H2,1-2H3,(H,27,29). The average molecular weight is 487 g/mol. The van der Waals surface area contributed by atoms with E-state index in [2.05, 4.69) is 5.32 Å². The molecule has 2 aromatic carbocycles. The Hall–Kier alpha value is -2.58. The van der Waals surface area contributed by atoms with Crippen molar-refractivity contribution in [2.45, 2.75) is 69.8 Å². The minimum absolute atomic E-state index is 0.113. The van der Waals surface area contributed by atoms with E-state index in [0.29, 0.717) is 42.4 Å². The molecule has 8 heteroatoms. The van der Waals surface area contributed by atoms with Gasteiger partial charge in [-0.15, -0.1) is 0 Å². The number of rotatable bonds is 8. The summed E-state index contributed by atoms with van der Waals surface area (Å²) in [5.74, 6) is 1.30. The molecule has 1 fully saturated rings. The molecule has 1 saturated heterocycles. The number of anilines is 1. The molecule has 1 amide bonds. The van der Waals surface area contributed by atoms with Gasteiger partial charge in [-0.1, -0.05) is 25.0 Å². The first kappa shape index (κ1) is 24.5. The number of benzene rings is 2. The molecule has 2 aliphatic rings. The number of amides is 1. The summed E-state index contributed by atoms with van der Waals surface area (Å²) in [7, 11) is -3.47. The molecule has 0 bridgehead atoms. The highest BCUT2D eigenvalue weighted by atomic mass is 32.2. The van der Waals surface area contributed by atoms with Crippen LogP contribution >= 0.6 is 0 Å². The van der Waals surface area contributed by atoms with Gasteiger partial charge in [0.05, 0.1) is 17.2 Å². The van der Waals surface area contributed by atoms with Crippen LogP contribution in [0, 0.1) is 0 Å². The van der Waals surface area contributed by atoms with E-state index in [1.54, 1.807) is 28.6 Å². The molecule has 0 aromatic heterocycles. The van der Waals surface area contributed by atoms with Crippen molar-refractivity contribution < 1.29 is 22.7 Å². The van der Waals surface area contributed by atoms with Gasteiger partial charge in [0.15, 0.2) is 0 Å². The quantitative estimate of drug-likeness (QED) is 0.592. The SMILES string of the molecule is CCOc1cc2c(cc1NC(=O)CCc1ccc(S(=O)(=O)N3CCCCCC3)cc1)OC(C)C2. The lowest BCUT2D eigenvalue weighted by atomic mass is 10.1. The van der Waals surface area contributed by atoms with Crippen LogP contribution in [0.5, 0.6) is 11.5 Å². The van der Waals surface area contributed by atoms with Crippen LogP contribution in [0.1, 0.15) is 57.1 Å². The van der Waals surface area contributed by atoms with Crippen molar-refractivity contribution in [2.75, 3.05) is 25.0 Å². The summed E-state index contributed by atoms with van der Waals surface area (Å²) >= 11 is 0. The van der Waals surface area contributed by atoms with Gasteiger partial charge in [-0.25, -0.2) is 8.42 Å². The molecule has 2 aliphatic heterocycles. The largest absolute Gasteiger partial charge is 0.492 e. The molecule has 2 aromatic rings. The highest BCUT2D eigenvalue weighted by molar-refractivity contribution is 7.89. The number of nitrogens with one attached hydrogen (secondary N) is 1. The summed E-state index contributed by atoms with van der Waals surface area (Å²) in [6, 6.07) is 10.7. The predicted octanol–water partition coefficient (Wildman–Crippen LogP) is 4.54. The third-order valence-corrected chi connectivity index (χ3v) is 8.25. The number of carbonyl (C=O) groups is 1. The van der Waals surface area contributed by atoms with E-state index in [4.69, 9.17) is 9.47 Å². The minimum atomic E-state index is -3.47. The number of hydrogen-bond donors (Lipinski definition) is 1. The Balaban J connectivity index is 1.37. The molecule has 4 rings (SSSR count). The van der Waals surface area contributed by atoms with Crippen LogP contribution in [0.25, 0.3) is 0 Å². The average Bonchev–Trinajstić information content (AvgIpc) is 3.00. The molecular weight excluding hydrogens is 452 g/mol. The number of ether oxygens (including phenoxy) is 2. The van der Waals surface area contributed by atoms with Crippen molar-refractivity contribution >= 4 is 21.6 Å². The van der Waals surface area contributed by atoms with Crippen molar-refractivity contribution in [3.05, 3.63) is 47.5 Å². The molecule has 1 N–H and O–H groups in total. The Morgan fingerprint density at radius 1 is 1.12 bits per heavy atom. The maximum atomic E-state index is 12.9. The zero-order chi connectivity index (χ0) is 24.1. The second kappa shape index (κ2) is 10.8. The molecule has 1 atom stereocenters. The Morgan fingerprint density at radius 2 is 1.82 bits per heavy atom. The van der Waals surface area contributed by atoms with Crippen LogP contribution in [-0.4, -0.2) is 44.4 Å². The Bertz CT molecular complexity index is 1110. The molecule has 0 radical (unpaired) electrons. The molecule has 34 heavy (non-hydrogen) atoms. The maximum absolute atomic E-state index is 12.9. The molecule has 2 heterocycles. The van der Waals surface area contributed by atoms with Crippen LogP contribution in [0.4, 0.5) is 5.69 Å². The van der Waals surface area contributed by atoms with E-state index >= 15 is 0 Å². The highest BCUT2D eigenvalue weighted by Gasteiger charge is 2.25. The maximum Gasteiger partial charge on any atom is 0.243 e.